The Balaban J connectivity index is 1.87. The summed E-state index contributed by atoms with van der Waals surface area (Å²) >= 11 is 0. The van der Waals surface area contributed by atoms with E-state index in [-0.39, 0.29) is 0 Å². The number of rotatable bonds is 4. The Morgan fingerprint density at radius 2 is 2.05 bits per heavy atom. The molecule has 0 spiro atoms. The maximum absolute atomic E-state index is 4.64. The van der Waals surface area contributed by atoms with Crippen molar-refractivity contribution in [3.8, 4) is 11.3 Å². The predicted octanol–water partition coefficient (Wildman–Crippen LogP) is 3.24. The Hall–Kier alpha value is -1.87. The van der Waals surface area contributed by atoms with Crippen LogP contribution in [0, 0.1) is 0 Å². The van der Waals surface area contributed by atoms with Crippen LogP contribution in [-0.2, 0) is 13.6 Å². The first-order valence-corrected chi connectivity index (χ1v) is 7.26. The number of aromatic nitrogens is 2. The van der Waals surface area contributed by atoms with E-state index in [1.54, 1.807) is 0 Å². The predicted molar refractivity (Wildman–Crippen MR) is 82.3 cm³/mol. The molecule has 1 aliphatic heterocycles. The Bertz CT molecular complexity index is 598. The molecule has 3 rings (SSSR count). The SMILES string of the molecule is CCC1C=CCN1Cc1cn(C)nc1-c1ccccc1. The van der Waals surface area contributed by atoms with Crippen molar-refractivity contribution in [3.05, 3.63) is 54.2 Å². The van der Waals surface area contributed by atoms with Crippen molar-refractivity contribution in [2.24, 2.45) is 7.05 Å². The fraction of sp³-hybridized carbons (Fsp3) is 0.353. The molecule has 0 aliphatic carbocycles. The Kier molecular flexibility index (Phi) is 3.70. The van der Waals surface area contributed by atoms with Gasteiger partial charge in [0.05, 0.1) is 5.69 Å². The highest BCUT2D eigenvalue weighted by Gasteiger charge is 2.20. The summed E-state index contributed by atoms with van der Waals surface area (Å²) in [4.78, 5) is 2.50. The molecule has 0 fully saturated rings. The van der Waals surface area contributed by atoms with Crippen molar-refractivity contribution in [1.29, 1.82) is 0 Å². The van der Waals surface area contributed by atoms with E-state index in [0.29, 0.717) is 6.04 Å². The molecule has 2 aromatic rings. The van der Waals surface area contributed by atoms with Gasteiger partial charge in [0, 0.05) is 43.5 Å². The molecule has 3 nitrogen and oxygen atoms in total. The van der Waals surface area contributed by atoms with Gasteiger partial charge in [-0.25, -0.2) is 0 Å². The fourth-order valence-corrected chi connectivity index (χ4v) is 2.90. The lowest BCUT2D eigenvalue weighted by Crippen LogP contribution is -2.28. The number of hydrogen-bond donors (Lipinski definition) is 0. The Morgan fingerprint density at radius 1 is 1.25 bits per heavy atom. The van der Waals surface area contributed by atoms with Crippen LogP contribution in [0.25, 0.3) is 11.3 Å². The summed E-state index contributed by atoms with van der Waals surface area (Å²) in [5, 5.41) is 4.64. The summed E-state index contributed by atoms with van der Waals surface area (Å²) in [6.45, 7) is 4.25. The normalized spacial score (nSPS) is 18.8. The highest BCUT2D eigenvalue weighted by Crippen LogP contribution is 2.25. The van der Waals surface area contributed by atoms with Gasteiger partial charge in [-0.3, -0.25) is 9.58 Å². The van der Waals surface area contributed by atoms with Gasteiger partial charge >= 0.3 is 0 Å². The molecular formula is C17H21N3. The smallest absolute Gasteiger partial charge is 0.0968 e. The molecule has 1 atom stereocenters. The van der Waals surface area contributed by atoms with E-state index in [2.05, 4.69) is 59.5 Å². The number of nitrogens with zero attached hydrogens (tertiary/aromatic N) is 3. The van der Waals surface area contributed by atoms with E-state index >= 15 is 0 Å². The summed E-state index contributed by atoms with van der Waals surface area (Å²) in [5.74, 6) is 0. The van der Waals surface area contributed by atoms with Gasteiger partial charge in [0.25, 0.3) is 0 Å². The molecular weight excluding hydrogens is 246 g/mol. The summed E-state index contributed by atoms with van der Waals surface area (Å²) in [6.07, 6.45) is 7.90. The zero-order valence-corrected chi connectivity index (χ0v) is 12.2. The maximum Gasteiger partial charge on any atom is 0.0968 e. The fourth-order valence-electron chi connectivity index (χ4n) is 2.90. The quantitative estimate of drug-likeness (QED) is 0.793. The molecule has 1 aromatic carbocycles. The highest BCUT2D eigenvalue weighted by atomic mass is 15.3. The second-order valence-corrected chi connectivity index (χ2v) is 5.38. The third kappa shape index (κ3) is 2.54. The second kappa shape index (κ2) is 5.63. The minimum atomic E-state index is 0.568. The van der Waals surface area contributed by atoms with Crippen LogP contribution in [-0.4, -0.2) is 27.3 Å². The molecule has 0 N–H and O–H groups in total. The summed E-state index contributed by atoms with van der Waals surface area (Å²) in [7, 11) is 2.00. The molecule has 0 radical (unpaired) electrons. The van der Waals surface area contributed by atoms with Crippen LogP contribution in [0.4, 0.5) is 0 Å². The van der Waals surface area contributed by atoms with Crippen molar-refractivity contribution in [3.63, 3.8) is 0 Å². The average molecular weight is 267 g/mol. The summed E-state index contributed by atoms with van der Waals surface area (Å²) in [6, 6.07) is 11.0. The van der Waals surface area contributed by atoms with Gasteiger partial charge in [-0.15, -0.1) is 0 Å². The van der Waals surface area contributed by atoms with Crippen molar-refractivity contribution in [2.75, 3.05) is 6.54 Å². The average Bonchev–Trinajstić information content (AvgIpc) is 3.06. The monoisotopic (exact) mass is 267 g/mol. The third-order valence-electron chi connectivity index (χ3n) is 3.91. The van der Waals surface area contributed by atoms with Crippen LogP contribution in [0.1, 0.15) is 18.9 Å². The minimum absolute atomic E-state index is 0.568. The van der Waals surface area contributed by atoms with Gasteiger partial charge in [0.15, 0.2) is 0 Å². The first kappa shape index (κ1) is 13.1. The maximum atomic E-state index is 4.64. The summed E-state index contributed by atoms with van der Waals surface area (Å²) < 4.78 is 1.92. The van der Waals surface area contributed by atoms with Crippen molar-refractivity contribution in [1.82, 2.24) is 14.7 Å². The molecule has 0 bridgehead atoms. The number of hydrogen-bond acceptors (Lipinski definition) is 2. The van der Waals surface area contributed by atoms with Crippen LogP contribution in [0.15, 0.2) is 48.7 Å². The molecule has 1 unspecified atom stereocenters. The lowest BCUT2D eigenvalue weighted by atomic mass is 10.1. The second-order valence-electron chi connectivity index (χ2n) is 5.38. The molecule has 20 heavy (non-hydrogen) atoms. The van der Waals surface area contributed by atoms with Gasteiger partial charge in [0.1, 0.15) is 0 Å². The molecule has 0 saturated heterocycles. The topological polar surface area (TPSA) is 21.1 Å². The molecule has 1 aliphatic rings. The molecule has 1 aromatic heterocycles. The standard InChI is InChI=1S/C17H21N3/c1-3-16-10-7-11-20(16)13-15-12-19(2)18-17(15)14-8-5-4-6-9-14/h4-10,12,16H,3,11,13H2,1-2H3. The van der Waals surface area contributed by atoms with E-state index in [1.807, 2.05) is 17.8 Å². The summed E-state index contributed by atoms with van der Waals surface area (Å²) in [5.41, 5.74) is 3.61. The number of benzene rings is 1. The van der Waals surface area contributed by atoms with Crippen molar-refractivity contribution >= 4 is 0 Å². The highest BCUT2D eigenvalue weighted by molar-refractivity contribution is 5.62. The van der Waals surface area contributed by atoms with Crippen LogP contribution < -0.4 is 0 Å². The van der Waals surface area contributed by atoms with Crippen LogP contribution in [0.3, 0.4) is 0 Å². The molecule has 104 valence electrons. The minimum Gasteiger partial charge on any atom is -0.289 e. The van der Waals surface area contributed by atoms with Gasteiger partial charge in [-0.1, -0.05) is 49.4 Å². The van der Waals surface area contributed by atoms with Gasteiger partial charge in [0.2, 0.25) is 0 Å². The van der Waals surface area contributed by atoms with E-state index < -0.39 is 0 Å². The Labute approximate surface area is 120 Å². The first-order valence-electron chi connectivity index (χ1n) is 7.26. The lowest BCUT2D eigenvalue weighted by Gasteiger charge is -2.23. The zero-order valence-electron chi connectivity index (χ0n) is 12.2. The van der Waals surface area contributed by atoms with Gasteiger partial charge in [-0.05, 0) is 6.42 Å². The van der Waals surface area contributed by atoms with E-state index in [1.165, 1.54) is 11.1 Å². The van der Waals surface area contributed by atoms with Crippen molar-refractivity contribution in [2.45, 2.75) is 25.9 Å². The van der Waals surface area contributed by atoms with Crippen LogP contribution in [0.2, 0.25) is 0 Å². The molecule has 0 saturated carbocycles. The third-order valence-corrected chi connectivity index (χ3v) is 3.91. The van der Waals surface area contributed by atoms with Crippen LogP contribution >= 0.6 is 0 Å². The van der Waals surface area contributed by atoms with E-state index in [0.717, 1.165) is 25.2 Å². The van der Waals surface area contributed by atoms with Crippen molar-refractivity contribution < 1.29 is 0 Å². The van der Waals surface area contributed by atoms with E-state index in [9.17, 15) is 0 Å². The zero-order chi connectivity index (χ0) is 13.9. The van der Waals surface area contributed by atoms with Gasteiger partial charge in [-0.2, -0.15) is 5.10 Å². The van der Waals surface area contributed by atoms with E-state index in [4.69, 9.17) is 0 Å². The molecule has 0 amide bonds. The first-order chi connectivity index (χ1) is 9.78. The van der Waals surface area contributed by atoms with Gasteiger partial charge < -0.3 is 0 Å². The number of aryl methyl sites for hydroxylation is 1. The molecule has 2 heterocycles. The Morgan fingerprint density at radius 3 is 2.80 bits per heavy atom. The largest absolute Gasteiger partial charge is 0.289 e. The van der Waals surface area contributed by atoms with Crippen LogP contribution in [0.5, 0.6) is 0 Å². The lowest BCUT2D eigenvalue weighted by molar-refractivity contribution is 0.258. The molecule has 3 heteroatoms.